The van der Waals surface area contributed by atoms with Gasteiger partial charge in [0.15, 0.2) is 0 Å². The first kappa shape index (κ1) is 21.4. The molecule has 0 bridgehead atoms. The molecule has 128 valence electrons. The molecular formula is C22H35N. The Labute approximate surface area is 143 Å². The van der Waals surface area contributed by atoms with Crippen molar-refractivity contribution in [3.8, 4) is 0 Å². The summed E-state index contributed by atoms with van der Waals surface area (Å²) in [7, 11) is 0. The summed E-state index contributed by atoms with van der Waals surface area (Å²) in [6, 6.07) is 21.3. The molecule has 0 heterocycles. The van der Waals surface area contributed by atoms with Crippen LogP contribution in [-0.2, 0) is 12.8 Å². The molecular weight excluding hydrogens is 278 g/mol. The molecule has 0 spiro atoms. The van der Waals surface area contributed by atoms with Crippen molar-refractivity contribution >= 4 is 0 Å². The minimum atomic E-state index is 0.266. The molecule has 2 N–H and O–H groups in total. The Morgan fingerprint density at radius 1 is 0.739 bits per heavy atom. The molecule has 2 rings (SSSR count). The lowest BCUT2D eigenvalue weighted by molar-refractivity contribution is 0.560. The smallest absolute Gasteiger partial charge is 0.00509 e. The summed E-state index contributed by atoms with van der Waals surface area (Å²) in [6.45, 7) is 10.6. The van der Waals surface area contributed by atoms with Gasteiger partial charge >= 0.3 is 0 Å². The highest BCUT2D eigenvalue weighted by Gasteiger charge is 1.98. The van der Waals surface area contributed by atoms with Gasteiger partial charge in [-0.25, -0.2) is 0 Å². The third kappa shape index (κ3) is 11.6. The van der Waals surface area contributed by atoms with Gasteiger partial charge in [0.05, 0.1) is 0 Å². The summed E-state index contributed by atoms with van der Waals surface area (Å²) >= 11 is 0. The molecule has 0 aliphatic carbocycles. The van der Waals surface area contributed by atoms with Crippen LogP contribution in [0.5, 0.6) is 0 Å². The average Bonchev–Trinajstić information content (AvgIpc) is 2.58. The monoisotopic (exact) mass is 313 g/mol. The first-order chi connectivity index (χ1) is 11.1. The van der Waals surface area contributed by atoms with Crippen LogP contribution >= 0.6 is 0 Å². The second-order valence-corrected chi connectivity index (χ2v) is 5.87. The third-order valence-corrected chi connectivity index (χ3v) is 3.52. The lowest BCUT2D eigenvalue weighted by atomic mass is 9.99. The highest BCUT2D eigenvalue weighted by atomic mass is 14.6. The molecule has 0 aromatic heterocycles. The highest BCUT2D eigenvalue weighted by molar-refractivity contribution is 5.15. The lowest BCUT2D eigenvalue weighted by Crippen LogP contribution is -2.17. The molecule has 2 aromatic carbocycles. The van der Waals surface area contributed by atoms with Crippen molar-refractivity contribution in [3.05, 3.63) is 71.8 Å². The summed E-state index contributed by atoms with van der Waals surface area (Å²) in [4.78, 5) is 0. The molecule has 0 aliphatic rings. The molecule has 0 aliphatic heterocycles. The fourth-order valence-corrected chi connectivity index (χ4v) is 2.15. The van der Waals surface area contributed by atoms with Gasteiger partial charge in [0.1, 0.15) is 0 Å². The molecule has 0 amide bonds. The molecule has 2 aromatic rings. The predicted molar refractivity (Wildman–Crippen MR) is 105 cm³/mol. The maximum atomic E-state index is 5.62. The quantitative estimate of drug-likeness (QED) is 0.733. The molecule has 0 radical (unpaired) electrons. The standard InChI is InChI=1S/C11H16.C9H13N.C2H6/c1-3-10(2)9-11-7-5-4-6-8-11;1-8(10)7-9-5-3-2-4-6-9;1-2/h4-8,10H,3,9H2,1-2H3;2-6,8H,7,10H2,1H3;1-2H3. The van der Waals surface area contributed by atoms with Crippen molar-refractivity contribution in [2.75, 3.05) is 0 Å². The van der Waals surface area contributed by atoms with E-state index in [2.05, 4.69) is 56.3 Å². The summed E-state index contributed by atoms with van der Waals surface area (Å²) in [6.07, 6.45) is 3.47. The fraction of sp³-hybridized carbons (Fsp3) is 0.455. The van der Waals surface area contributed by atoms with Gasteiger partial charge in [0, 0.05) is 6.04 Å². The van der Waals surface area contributed by atoms with Crippen molar-refractivity contribution in [1.82, 2.24) is 0 Å². The van der Waals surface area contributed by atoms with Crippen LogP contribution in [0.2, 0.25) is 0 Å². The first-order valence-electron chi connectivity index (χ1n) is 8.95. The summed E-state index contributed by atoms with van der Waals surface area (Å²) in [5.74, 6) is 0.817. The second-order valence-electron chi connectivity index (χ2n) is 5.87. The minimum absolute atomic E-state index is 0.266. The van der Waals surface area contributed by atoms with E-state index < -0.39 is 0 Å². The van der Waals surface area contributed by atoms with E-state index in [1.807, 2.05) is 39.0 Å². The van der Waals surface area contributed by atoms with Crippen LogP contribution in [0.3, 0.4) is 0 Å². The van der Waals surface area contributed by atoms with Crippen molar-refractivity contribution in [3.63, 3.8) is 0 Å². The Kier molecular flexibility index (Phi) is 13.0. The molecule has 0 fully saturated rings. The van der Waals surface area contributed by atoms with E-state index in [0.717, 1.165) is 12.3 Å². The largest absolute Gasteiger partial charge is 0.328 e. The van der Waals surface area contributed by atoms with Crippen LogP contribution in [-0.4, -0.2) is 6.04 Å². The van der Waals surface area contributed by atoms with Gasteiger partial charge in [-0.15, -0.1) is 0 Å². The molecule has 2 atom stereocenters. The average molecular weight is 314 g/mol. The van der Waals surface area contributed by atoms with Crippen LogP contribution < -0.4 is 5.73 Å². The van der Waals surface area contributed by atoms with E-state index in [0.29, 0.717) is 0 Å². The van der Waals surface area contributed by atoms with E-state index in [1.165, 1.54) is 24.0 Å². The Hall–Kier alpha value is -1.60. The molecule has 0 saturated heterocycles. The van der Waals surface area contributed by atoms with Gasteiger partial charge in [-0.2, -0.15) is 0 Å². The number of hydrogen-bond donors (Lipinski definition) is 1. The number of hydrogen-bond acceptors (Lipinski definition) is 1. The number of benzene rings is 2. The van der Waals surface area contributed by atoms with Crippen molar-refractivity contribution < 1.29 is 0 Å². The number of nitrogens with two attached hydrogens (primary N) is 1. The van der Waals surface area contributed by atoms with Gasteiger partial charge in [-0.3, -0.25) is 0 Å². The zero-order valence-corrected chi connectivity index (χ0v) is 15.6. The minimum Gasteiger partial charge on any atom is -0.328 e. The molecule has 23 heavy (non-hydrogen) atoms. The summed E-state index contributed by atoms with van der Waals surface area (Å²) < 4.78 is 0. The zero-order chi connectivity index (χ0) is 17.5. The third-order valence-electron chi connectivity index (χ3n) is 3.52. The maximum absolute atomic E-state index is 5.62. The zero-order valence-electron chi connectivity index (χ0n) is 15.6. The number of rotatable bonds is 5. The Morgan fingerprint density at radius 2 is 1.13 bits per heavy atom. The van der Waals surface area contributed by atoms with Gasteiger partial charge in [0.2, 0.25) is 0 Å². The van der Waals surface area contributed by atoms with Crippen molar-refractivity contribution in [1.29, 1.82) is 0 Å². The van der Waals surface area contributed by atoms with Gasteiger partial charge < -0.3 is 5.73 Å². The van der Waals surface area contributed by atoms with Crippen molar-refractivity contribution in [2.24, 2.45) is 11.7 Å². The highest BCUT2D eigenvalue weighted by Crippen LogP contribution is 2.10. The predicted octanol–water partition coefficient (Wildman–Crippen LogP) is 5.88. The topological polar surface area (TPSA) is 26.0 Å². The Bertz CT molecular complexity index is 462. The second kappa shape index (κ2) is 14.0. The molecule has 1 nitrogen and oxygen atoms in total. The first-order valence-corrected chi connectivity index (χ1v) is 8.95. The summed E-state index contributed by atoms with van der Waals surface area (Å²) in [5, 5.41) is 0. The lowest BCUT2D eigenvalue weighted by Gasteiger charge is -2.06. The van der Waals surface area contributed by atoms with Crippen LogP contribution in [0.4, 0.5) is 0 Å². The van der Waals surface area contributed by atoms with E-state index in [-0.39, 0.29) is 6.04 Å². The summed E-state index contributed by atoms with van der Waals surface area (Å²) in [5.41, 5.74) is 8.40. The Morgan fingerprint density at radius 3 is 1.48 bits per heavy atom. The SMILES string of the molecule is CC.CC(N)Cc1ccccc1.CCC(C)Cc1ccccc1. The molecule has 1 heteroatoms. The van der Waals surface area contributed by atoms with Crippen molar-refractivity contribution in [2.45, 2.75) is 59.9 Å². The van der Waals surface area contributed by atoms with E-state index >= 15 is 0 Å². The fourth-order valence-electron chi connectivity index (χ4n) is 2.15. The van der Waals surface area contributed by atoms with Crippen LogP contribution in [0.15, 0.2) is 60.7 Å². The van der Waals surface area contributed by atoms with Crippen LogP contribution in [0.25, 0.3) is 0 Å². The van der Waals surface area contributed by atoms with Gasteiger partial charge in [-0.1, -0.05) is 94.8 Å². The van der Waals surface area contributed by atoms with Gasteiger partial charge in [-0.05, 0) is 36.8 Å². The van der Waals surface area contributed by atoms with E-state index in [9.17, 15) is 0 Å². The van der Waals surface area contributed by atoms with Crippen LogP contribution in [0.1, 0.15) is 52.2 Å². The van der Waals surface area contributed by atoms with Gasteiger partial charge in [0.25, 0.3) is 0 Å². The molecule has 0 saturated carbocycles. The van der Waals surface area contributed by atoms with Crippen LogP contribution in [0, 0.1) is 5.92 Å². The van der Waals surface area contributed by atoms with E-state index in [4.69, 9.17) is 5.73 Å². The maximum Gasteiger partial charge on any atom is 0.00509 e. The Balaban J connectivity index is 0.000000381. The van der Waals surface area contributed by atoms with E-state index in [1.54, 1.807) is 0 Å². The normalized spacial score (nSPS) is 12.1. The molecule has 2 unspecified atom stereocenters.